The van der Waals surface area contributed by atoms with Crippen molar-refractivity contribution in [3.63, 3.8) is 0 Å². The molecule has 0 aliphatic heterocycles. The van der Waals surface area contributed by atoms with Gasteiger partial charge in [-0.2, -0.15) is 5.11 Å². The molecule has 0 fully saturated rings. The topological polar surface area (TPSA) is 220 Å². The average molecular weight is 561 g/mol. The van der Waals surface area contributed by atoms with Crippen LogP contribution in [0.4, 0.5) is 17.1 Å². The monoisotopic (exact) mass is 560 g/mol. The third-order valence-corrected chi connectivity index (χ3v) is 6.45. The minimum absolute atomic E-state index is 0. The largest absolute Gasteiger partial charge is 1.00 e. The minimum atomic E-state index is -4.92. The third kappa shape index (κ3) is 10.1. The van der Waals surface area contributed by atoms with Crippen molar-refractivity contribution in [3.8, 4) is 0 Å². The Balaban J connectivity index is 0.00000150. The van der Waals surface area contributed by atoms with Crippen LogP contribution in [-0.4, -0.2) is 44.7 Å². The van der Waals surface area contributed by atoms with E-state index < -0.39 is 30.4 Å². The molecular weight excluding hydrogens is 544 g/mol. The van der Waals surface area contributed by atoms with Crippen LogP contribution in [0.3, 0.4) is 0 Å². The van der Waals surface area contributed by atoms with E-state index in [0.29, 0.717) is 11.1 Å². The number of nitrogen functional groups attached to an aromatic ring is 1. The van der Waals surface area contributed by atoms with Crippen molar-refractivity contribution in [1.29, 1.82) is 0 Å². The summed E-state index contributed by atoms with van der Waals surface area (Å²) >= 11 is 0. The first-order valence-electron chi connectivity index (χ1n) is 8.62. The van der Waals surface area contributed by atoms with Crippen molar-refractivity contribution in [2.75, 3.05) is 11.5 Å². The third-order valence-electron chi connectivity index (χ3n) is 4.02. The fourth-order valence-corrected chi connectivity index (χ4v) is 4.08. The molecule has 0 amide bonds. The van der Waals surface area contributed by atoms with Crippen LogP contribution in [0.25, 0.3) is 10.8 Å². The van der Waals surface area contributed by atoms with Gasteiger partial charge in [-0.3, -0.25) is 4.55 Å². The molecule has 178 valence electrons. The number of nitrogens with two attached hydrogens (primary N) is 1. The number of rotatable bonds is 5. The molecule has 3 aromatic rings. The second kappa shape index (κ2) is 13.6. The molecule has 0 aliphatic carbocycles. The van der Waals surface area contributed by atoms with Crippen molar-refractivity contribution >= 4 is 58.2 Å². The Bertz CT molecular complexity index is 1520. The van der Waals surface area contributed by atoms with E-state index in [1.807, 2.05) is 0 Å². The van der Waals surface area contributed by atoms with Gasteiger partial charge in [-0.05, 0) is 36.4 Å². The van der Waals surface area contributed by atoms with E-state index in [1.165, 1.54) is 48.5 Å². The molecule has 17 heteroatoms. The normalized spacial score (nSPS) is 11.8. The smallest absolute Gasteiger partial charge is 0.744 e. The molecule has 0 saturated carbocycles. The first-order chi connectivity index (χ1) is 15.1. The summed E-state index contributed by atoms with van der Waals surface area (Å²) in [6.07, 6.45) is 0. The summed E-state index contributed by atoms with van der Waals surface area (Å²) in [6.45, 7) is 3.39. The van der Waals surface area contributed by atoms with Gasteiger partial charge in [0.25, 0.3) is 0 Å². The molecule has 0 aromatic heterocycles. The molecule has 0 aliphatic rings. The Morgan fingerprint density at radius 2 is 1.37 bits per heavy atom. The van der Waals surface area contributed by atoms with E-state index in [1.54, 1.807) is 6.07 Å². The van der Waals surface area contributed by atoms with Gasteiger partial charge in [0.15, 0.2) is 9.84 Å². The maximum Gasteiger partial charge on any atom is 1.00 e. The van der Waals surface area contributed by atoms with E-state index in [-0.39, 0.29) is 91.4 Å². The number of hydrogen-bond acceptors (Lipinski definition) is 11. The summed E-state index contributed by atoms with van der Waals surface area (Å²) < 4.78 is 90.8. The second-order valence-electron chi connectivity index (χ2n) is 6.25. The molecule has 0 bridgehead atoms. The number of azo groups is 1. The molecule has 3 aromatic carbocycles. The summed E-state index contributed by atoms with van der Waals surface area (Å²) in [4.78, 5) is -0.249. The number of sulfone groups is 1. The average Bonchev–Trinajstić information content (AvgIpc) is 2.71. The van der Waals surface area contributed by atoms with Crippen molar-refractivity contribution in [1.82, 2.24) is 0 Å². The van der Waals surface area contributed by atoms with Gasteiger partial charge in [-0.15, -0.1) is 5.11 Å². The molecule has 0 atom stereocenters. The van der Waals surface area contributed by atoms with Gasteiger partial charge in [0, 0.05) is 10.8 Å². The standard InChI is InChI=1S/C18H16N3O5S2.2Na.H2O4S/c1-2-27(22,23)13-8-6-12(7-9-13)20-21-18-15-4-3-5-17(28(24,25)26)14(15)10-11-16(18)19;;;1-5(2,3)4/h3-11H,1-2,19H2,(H,24,25,26);;;(H2,1,2,3,4)/q-1;2*+1;/p-2. The van der Waals surface area contributed by atoms with Gasteiger partial charge >= 0.3 is 59.1 Å². The van der Waals surface area contributed by atoms with Gasteiger partial charge < -0.3 is 21.8 Å². The predicted molar refractivity (Wildman–Crippen MR) is 117 cm³/mol. The summed E-state index contributed by atoms with van der Waals surface area (Å²) in [5.41, 5.74) is 6.76. The van der Waals surface area contributed by atoms with Crippen LogP contribution in [-0.2, 0) is 30.4 Å². The zero-order chi connectivity index (χ0) is 25.0. The zero-order valence-corrected chi connectivity index (χ0v) is 25.0. The molecule has 3 N–H and O–H groups in total. The number of anilines is 1. The Labute approximate surface area is 246 Å². The molecular formula is C18H16N3Na2O9S3-. The van der Waals surface area contributed by atoms with Crippen LogP contribution in [0.1, 0.15) is 0 Å². The van der Waals surface area contributed by atoms with E-state index in [2.05, 4.69) is 17.2 Å². The Morgan fingerprint density at radius 3 is 1.86 bits per heavy atom. The van der Waals surface area contributed by atoms with Crippen molar-refractivity contribution in [3.05, 3.63) is 61.5 Å². The van der Waals surface area contributed by atoms with E-state index in [9.17, 15) is 21.4 Å². The Kier molecular flexibility index (Phi) is 13.2. The fraction of sp³-hybridized carbons (Fsp3) is 0.0556. The maximum absolute atomic E-state index is 11.8. The predicted octanol–water partition coefficient (Wildman–Crippen LogP) is -3.64. The van der Waals surface area contributed by atoms with E-state index in [4.69, 9.17) is 23.3 Å². The molecule has 0 heterocycles. The van der Waals surface area contributed by atoms with Crippen LogP contribution in [0, 0.1) is 6.92 Å². The zero-order valence-electron chi connectivity index (χ0n) is 18.5. The van der Waals surface area contributed by atoms with Gasteiger partial charge in [0.2, 0.25) is 10.4 Å². The van der Waals surface area contributed by atoms with Gasteiger partial charge in [-0.1, -0.05) is 24.0 Å². The first kappa shape index (κ1) is 34.1. The minimum Gasteiger partial charge on any atom is -0.744 e. The SMILES string of the molecule is O=S(=O)([O-])O.[CH2-]CS(=O)(=O)c1ccc(N=Nc2c(N)ccc3c(S(=O)(=O)[O-])cccc23)cc1.[Na+].[Na+]. The van der Waals surface area contributed by atoms with Crippen molar-refractivity contribution in [2.24, 2.45) is 10.2 Å². The maximum atomic E-state index is 11.8. The number of nitrogens with zero attached hydrogens (tertiary/aromatic N) is 2. The van der Waals surface area contributed by atoms with E-state index in [0.717, 1.165) is 0 Å². The van der Waals surface area contributed by atoms with Crippen LogP contribution in [0.2, 0.25) is 0 Å². The number of fused-ring (bicyclic) bond motifs is 1. The van der Waals surface area contributed by atoms with Gasteiger partial charge in [0.1, 0.15) is 15.8 Å². The van der Waals surface area contributed by atoms with E-state index >= 15 is 0 Å². The number of benzene rings is 3. The molecule has 35 heavy (non-hydrogen) atoms. The molecule has 0 saturated heterocycles. The van der Waals surface area contributed by atoms with Crippen LogP contribution >= 0.6 is 0 Å². The summed E-state index contributed by atoms with van der Waals surface area (Å²) in [5.74, 6) is -0.259. The summed E-state index contributed by atoms with van der Waals surface area (Å²) in [7, 11) is -13.0. The molecule has 0 spiro atoms. The van der Waals surface area contributed by atoms with Gasteiger partial charge in [0.05, 0.1) is 21.2 Å². The quantitative estimate of drug-likeness (QED) is 0.0778. The fourth-order valence-electron chi connectivity index (χ4n) is 2.61. The van der Waals surface area contributed by atoms with Crippen LogP contribution in [0.15, 0.2) is 74.6 Å². The molecule has 12 nitrogen and oxygen atoms in total. The molecule has 0 radical (unpaired) electrons. The molecule has 0 unspecified atom stereocenters. The van der Waals surface area contributed by atoms with Crippen molar-refractivity contribution in [2.45, 2.75) is 9.79 Å². The summed E-state index contributed by atoms with van der Waals surface area (Å²) in [5, 5.41) is 8.67. The summed E-state index contributed by atoms with van der Waals surface area (Å²) in [6, 6.07) is 12.8. The second-order valence-corrected chi connectivity index (χ2v) is 10.6. The van der Waals surface area contributed by atoms with Crippen molar-refractivity contribution < 1.29 is 98.0 Å². The first-order valence-corrected chi connectivity index (χ1v) is 13.1. The number of hydrogen-bond donors (Lipinski definition) is 2. The Hall–Kier alpha value is -0.950. The van der Waals surface area contributed by atoms with Gasteiger partial charge in [-0.25, -0.2) is 25.3 Å². The molecule has 3 rings (SSSR count). The van der Waals surface area contributed by atoms with Crippen LogP contribution < -0.4 is 64.8 Å². The van der Waals surface area contributed by atoms with Crippen LogP contribution in [0.5, 0.6) is 0 Å². The Morgan fingerprint density at radius 1 is 0.829 bits per heavy atom.